The van der Waals surface area contributed by atoms with Crippen molar-refractivity contribution >= 4 is 22.6 Å². The Bertz CT molecular complexity index is 1110. The van der Waals surface area contributed by atoms with Crippen LogP contribution in [-0.4, -0.2) is 39.9 Å². The van der Waals surface area contributed by atoms with Gasteiger partial charge in [0.05, 0.1) is 11.0 Å². The number of carbonyl (C=O) groups excluding carboxylic acids is 1. The van der Waals surface area contributed by atoms with Crippen molar-refractivity contribution in [2.24, 2.45) is 0 Å². The third-order valence-corrected chi connectivity index (χ3v) is 4.44. The number of aromatic nitrogens is 2. The van der Waals surface area contributed by atoms with Crippen LogP contribution in [-0.2, 0) is 9.53 Å². The van der Waals surface area contributed by atoms with Gasteiger partial charge < -0.3 is 24.3 Å². The van der Waals surface area contributed by atoms with E-state index in [0.29, 0.717) is 17.0 Å². The first-order chi connectivity index (χ1) is 14.1. The van der Waals surface area contributed by atoms with Crippen LogP contribution in [0.2, 0.25) is 0 Å². The van der Waals surface area contributed by atoms with Gasteiger partial charge in [0.1, 0.15) is 18.2 Å². The quantitative estimate of drug-likeness (QED) is 0.398. The first-order valence-corrected chi connectivity index (χ1v) is 8.94. The van der Waals surface area contributed by atoms with E-state index >= 15 is 0 Å². The van der Waals surface area contributed by atoms with Crippen LogP contribution >= 0.6 is 0 Å². The van der Waals surface area contributed by atoms with E-state index in [0.717, 1.165) is 5.52 Å². The minimum absolute atomic E-state index is 0.0122. The van der Waals surface area contributed by atoms with E-state index in [4.69, 9.17) is 14.2 Å². The summed E-state index contributed by atoms with van der Waals surface area (Å²) in [4.78, 5) is 19.7. The predicted molar refractivity (Wildman–Crippen MR) is 103 cm³/mol. The van der Waals surface area contributed by atoms with Gasteiger partial charge in [0.15, 0.2) is 29.2 Å². The summed E-state index contributed by atoms with van der Waals surface area (Å²) in [7, 11) is 0. The number of ether oxygens (including phenoxy) is 3. The normalized spacial score (nSPS) is 17.2. The van der Waals surface area contributed by atoms with E-state index in [2.05, 4.69) is 9.97 Å². The van der Waals surface area contributed by atoms with Crippen molar-refractivity contribution in [1.29, 1.82) is 5.26 Å². The van der Waals surface area contributed by atoms with Gasteiger partial charge in [-0.3, -0.25) is 0 Å². The number of nitriles is 1. The summed E-state index contributed by atoms with van der Waals surface area (Å²) in [6.45, 7) is 1.45. The van der Waals surface area contributed by atoms with Gasteiger partial charge in [-0.2, -0.15) is 5.26 Å². The predicted octanol–water partition coefficient (Wildman–Crippen LogP) is 3.13. The van der Waals surface area contributed by atoms with Crippen LogP contribution in [0.5, 0.6) is 11.5 Å². The smallest absolute Gasteiger partial charge is 0.351 e. The van der Waals surface area contributed by atoms with Crippen LogP contribution < -0.4 is 9.47 Å². The standard InChI is InChI=1S/C21H17N3O5/c1-12(28-21(26)18-11-27-16-8-4-5-9-17(16)29-18)19(25)13(10-22)20-23-14-6-2-3-7-15(14)24-20/h2-9,12,18,25H,11H2,1H3,(H,23,24)/b19-13-/t12-,18-/m0/s1. The number of nitrogens with one attached hydrogen (secondary N) is 1. The van der Waals surface area contributed by atoms with Gasteiger partial charge in [-0.15, -0.1) is 0 Å². The number of aliphatic hydroxyl groups excluding tert-OH is 1. The number of nitrogens with zero attached hydrogens (tertiary/aromatic N) is 2. The number of aromatic amines is 1. The summed E-state index contributed by atoms with van der Waals surface area (Å²) in [5, 5.41) is 20.0. The second-order valence-corrected chi connectivity index (χ2v) is 6.42. The average molecular weight is 391 g/mol. The van der Waals surface area contributed by atoms with Gasteiger partial charge in [0, 0.05) is 0 Å². The van der Waals surface area contributed by atoms with Crippen molar-refractivity contribution in [3.63, 3.8) is 0 Å². The first-order valence-electron chi connectivity index (χ1n) is 8.94. The number of para-hydroxylation sites is 4. The summed E-state index contributed by atoms with van der Waals surface area (Å²) < 4.78 is 16.4. The molecule has 0 amide bonds. The molecule has 0 unspecified atom stereocenters. The van der Waals surface area contributed by atoms with Gasteiger partial charge >= 0.3 is 5.97 Å². The molecule has 0 saturated heterocycles. The van der Waals surface area contributed by atoms with Crippen molar-refractivity contribution in [3.05, 3.63) is 60.1 Å². The summed E-state index contributed by atoms with van der Waals surface area (Å²) >= 11 is 0. The highest BCUT2D eigenvalue weighted by Crippen LogP contribution is 2.31. The summed E-state index contributed by atoms with van der Waals surface area (Å²) in [6, 6.07) is 16.1. The summed E-state index contributed by atoms with van der Waals surface area (Å²) in [6.07, 6.45) is -2.05. The topological polar surface area (TPSA) is 117 Å². The lowest BCUT2D eigenvalue weighted by Crippen LogP contribution is -2.39. The zero-order chi connectivity index (χ0) is 20.4. The monoisotopic (exact) mass is 391 g/mol. The SMILES string of the molecule is C[C@H](OC(=O)[C@@H]1COc2ccccc2O1)/C(O)=C(\C#N)c1nc2ccccc2[nH]1. The number of imidazole rings is 1. The van der Waals surface area contributed by atoms with Crippen molar-refractivity contribution in [3.8, 4) is 17.6 Å². The molecule has 0 saturated carbocycles. The molecule has 2 atom stereocenters. The number of allylic oxidation sites excluding steroid dienone is 1. The number of esters is 1. The van der Waals surface area contributed by atoms with Gasteiger partial charge in [0.25, 0.3) is 0 Å². The molecular weight excluding hydrogens is 374 g/mol. The zero-order valence-electron chi connectivity index (χ0n) is 15.5. The Morgan fingerprint density at radius 2 is 2.00 bits per heavy atom. The van der Waals surface area contributed by atoms with Crippen LogP contribution in [0, 0.1) is 11.3 Å². The zero-order valence-corrected chi connectivity index (χ0v) is 15.5. The molecule has 0 spiro atoms. The largest absolute Gasteiger partial charge is 0.507 e. The van der Waals surface area contributed by atoms with Crippen LogP contribution in [0.25, 0.3) is 16.6 Å². The maximum Gasteiger partial charge on any atom is 0.351 e. The Hall–Kier alpha value is -3.99. The molecule has 1 aromatic heterocycles. The number of benzene rings is 2. The van der Waals surface area contributed by atoms with E-state index in [1.165, 1.54) is 6.92 Å². The molecule has 8 nitrogen and oxygen atoms in total. The molecule has 0 fully saturated rings. The minimum Gasteiger partial charge on any atom is -0.507 e. The molecule has 8 heteroatoms. The van der Waals surface area contributed by atoms with Gasteiger partial charge in [-0.1, -0.05) is 24.3 Å². The fraction of sp³-hybridized carbons (Fsp3) is 0.190. The number of hydrogen-bond acceptors (Lipinski definition) is 7. The van der Waals surface area contributed by atoms with E-state index in [-0.39, 0.29) is 18.0 Å². The van der Waals surface area contributed by atoms with Gasteiger partial charge in [-0.25, -0.2) is 9.78 Å². The highest BCUT2D eigenvalue weighted by molar-refractivity contribution is 5.83. The minimum atomic E-state index is -1.08. The Morgan fingerprint density at radius 3 is 2.76 bits per heavy atom. The van der Waals surface area contributed by atoms with Crippen molar-refractivity contribution in [1.82, 2.24) is 9.97 Å². The maximum atomic E-state index is 12.4. The molecule has 0 aliphatic carbocycles. The number of hydrogen-bond donors (Lipinski definition) is 2. The maximum absolute atomic E-state index is 12.4. The van der Waals surface area contributed by atoms with E-state index in [9.17, 15) is 15.2 Å². The van der Waals surface area contributed by atoms with Gasteiger partial charge in [0.2, 0.25) is 6.10 Å². The van der Waals surface area contributed by atoms with Crippen LogP contribution in [0.4, 0.5) is 0 Å². The Balaban J connectivity index is 1.51. The molecule has 3 aromatic rings. The van der Waals surface area contributed by atoms with Crippen molar-refractivity contribution < 1.29 is 24.1 Å². The Morgan fingerprint density at radius 1 is 1.28 bits per heavy atom. The fourth-order valence-corrected chi connectivity index (χ4v) is 2.95. The second-order valence-electron chi connectivity index (χ2n) is 6.42. The Kier molecular flexibility index (Phi) is 4.79. The lowest BCUT2D eigenvalue weighted by molar-refractivity contribution is -0.158. The Labute approximate surface area is 166 Å². The highest BCUT2D eigenvalue weighted by Gasteiger charge is 2.31. The number of carbonyl (C=O) groups is 1. The molecular formula is C21H17N3O5. The second kappa shape index (κ2) is 7.56. The van der Waals surface area contributed by atoms with E-state index in [1.54, 1.807) is 36.4 Å². The van der Waals surface area contributed by atoms with Crippen LogP contribution in [0.1, 0.15) is 12.7 Å². The van der Waals surface area contributed by atoms with Crippen molar-refractivity contribution in [2.45, 2.75) is 19.1 Å². The summed E-state index contributed by atoms with van der Waals surface area (Å²) in [5.74, 6) is 0.0647. The molecule has 146 valence electrons. The van der Waals surface area contributed by atoms with E-state index < -0.39 is 23.9 Å². The van der Waals surface area contributed by atoms with Crippen LogP contribution in [0.15, 0.2) is 54.3 Å². The fourth-order valence-electron chi connectivity index (χ4n) is 2.95. The molecule has 4 rings (SSSR count). The third kappa shape index (κ3) is 3.58. The van der Waals surface area contributed by atoms with Crippen molar-refractivity contribution in [2.75, 3.05) is 6.61 Å². The molecule has 0 bridgehead atoms. The highest BCUT2D eigenvalue weighted by atomic mass is 16.6. The number of H-pyrrole nitrogens is 1. The summed E-state index contributed by atoms with van der Waals surface area (Å²) in [5.41, 5.74) is 1.27. The lowest BCUT2D eigenvalue weighted by atomic mass is 10.1. The van der Waals surface area contributed by atoms with E-state index in [1.807, 2.05) is 18.2 Å². The molecule has 0 radical (unpaired) electrons. The number of fused-ring (bicyclic) bond motifs is 2. The lowest BCUT2D eigenvalue weighted by Gasteiger charge is -2.26. The first kappa shape index (κ1) is 18.4. The van der Waals surface area contributed by atoms with Gasteiger partial charge in [-0.05, 0) is 31.2 Å². The molecule has 1 aliphatic heterocycles. The number of aliphatic hydroxyl groups is 1. The van der Waals surface area contributed by atoms with Crippen LogP contribution in [0.3, 0.4) is 0 Å². The third-order valence-electron chi connectivity index (χ3n) is 4.44. The molecule has 29 heavy (non-hydrogen) atoms. The number of rotatable bonds is 4. The average Bonchev–Trinajstić information content (AvgIpc) is 3.17. The molecule has 2 aromatic carbocycles. The molecule has 2 N–H and O–H groups in total. The molecule has 1 aliphatic rings. The molecule has 2 heterocycles.